The molecule has 0 spiro atoms. The van der Waals surface area contributed by atoms with Crippen LogP contribution in [0.1, 0.15) is 52.7 Å². The van der Waals surface area contributed by atoms with Gasteiger partial charge < -0.3 is 23.8 Å². The van der Waals surface area contributed by atoms with Gasteiger partial charge in [0, 0.05) is 24.8 Å². The van der Waals surface area contributed by atoms with Gasteiger partial charge in [-0.2, -0.15) is 0 Å². The second kappa shape index (κ2) is 10.1. The smallest absolute Gasteiger partial charge is 0.276 e. The van der Waals surface area contributed by atoms with Crippen molar-refractivity contribution >= 4 is 11.8 Å². The van der Waals surface area contributed by atoms with Gasteiger partial charge in [-0.3, -0.25) is 14.4 Å². The third kappa shape index (κ3) is 4.93. The summed E-state index contributed by atoms with van der Waals surface area (Å²) in [5, 5.41) is 0. The van der Waals surface area contributed by atoms with Crippen LogP contribution in [0.25, 0.3) is 0 Å². The standard InChI is InChI=1S/C29H30FN3O5/c1-29(2,3)33(15-19-9-11-21(30)12-10-19)27(35)22-16-31-17-23-32(13-14-37-23)28(36)24(31)26(25(22)34)38-18-20-7-5-4-6-8-20/h4-12,16,23H,13-15,17-18H2,1-3H3/t23-/m1/s1. The molecule has 0 N–H and O–H groups in total. The fourth-order valence-corrected chi connectivity index (χ4v) is 4.76. The van der Waals surface area contributed by atoms with Crippen LogP contribution in [0, 0.1) is 5.82 Å². The van der Waals surface area contributed by atoms with Gasteiger partial charge in [-0.15, -0.1) is 0 Å². The van der Waals surface area contributed by atoms with Gasteiger partial charge in [0.05, 0.1) is 13.2 Å². The van der Waals surface area contributed by atoms with Gasteiger partial charge in [0.15, 0.2) is 17.7 Å². The molecule has 2 amide bonds. The molecule has 3 aromatic rings. The number of pyridine rings is 1. The molecule has 198 valence electrons. The van der Waals surface area contributed by atoms with Gasteiger partial charge in [-0.25, -0.2) is 4.39 Å². The quantitative estimate of drug-likeness (QED) is 0.495. The lowest BCUT2D eigenvalue weighted by atomic mass is 10.0. The molecule has 2 aliphatic rings. The minimum Gasteiger partial charge on any atom is -0.483 e. The van der Waals surface area contributed by atoms with E-state index in [1.807, 2.05) is 51.1 Å². The summed E-state index contributed by atoms with van der Waals surface area (Å²) in [4.78, 5) is 44.3. The van der Waals surface area contributed by atoms with E-state index >= 15 is 0 Å². The van der Waals surface area contributed by atoms with Crippen LogP contribution in [0.4, 0.5) is 4.39 Å². The number of halogens is 1. The fourth-order valence-electron chi connectivity index (χ4n) is 4.76. The molecule has 0 unspecified atom stereocenters. The lowest BCUT2D eigenvalue weighted by molar-refractivity contribution is 0.00811. The number of ether oxygens (including phenoxy) is 2. The second-order valence-electron chi connectivity index (χ2n) is 10.5. The van der Waals surface area contributed by atoms with E-state index in [0.29, 0.717) is 13.2 Å². The van der Waals surface area contributed by atoms with Crippen LogP contribution >= 0.6 is 0 Å². The van der Waals surface area contributed by atoms with Gasteiger partial charge in [-0.1, -0.05) is 42.5 Å². The van der Waals surface area contributed by atoms with Gasteiger partial charge >= 0.3 is 0 Å². The van der Waals surface area contributed by atoms with Gasteiger partial charge in [0.2, 0.25) is 5.43 Å². The van der Waals surface area contributed by atoms with Gasteiger partial charge in [0.25, 0.3) is 11.8 Å². The monoisotopic (exact) mass is 519 g/mol. The van der Waals surface area contributed by atoms with E-state index in [9.17, 15) is 18.8 Å². The minimum absolute atomic E-state index is 0.0620. The maximum Gasteiger partial charge on any atom is 0.276 e. The molecular weight excluding hydrogens is 489 g/mol. The van der Waals surface area contributed by atoms with Crippen molar-refractivity contribution in [1.82, 2.24) is 14.4 Å². The molecule has 8 nitrogen and oxygen atoms in total. The van der Waals surface area contributed by atoms with E-state index in [1.54, 1.807) is 26.5 Å². The highest BCUT2D eigenvalue weighted by atomic mass is 19.1. The fraction of sp³-hybridized carbons (Fsp3) is 0.345. The van der Waals surface area contributed by atoms with E-state index in [-0.39, 0.29) is 48.4 Å². The number of hydrogen-bond acceptors (Lipinski definition) is 5. The molecule has 0 radical (unpaired) electrons. The highest BCUT2D eigenvalue weighted by Crippen LogP contribution is 2.29. The number of benzene rings is 2. The molecule has 2 aliphatic heterocycles. The third-order valence-corrected chi connectivity index (χ3v) is 6.81. The predicted molar refractivity (Wildman–Crippen MR) is 138 cm³/mol. The maximum absolute atomic E-state index is 14.0. The first kappa shape index (κ1) is 25.7. The second-order valence-corrected chi connectivity index (χ2v) is 10.5. The molecule has 0 bridgehead atoms. The highest BCUT2D eigenvalue weighted by Gasteiger charge is 2.41. The van der Waals surface area contributed by atoms with Crippen molar-refractivity contribution in [2.45, 2.75) is 52.2 Å². The molecule has 9 heteroatoms. The Balaban J connectivity index is 1.58. The summed E-state index contributed by atoms with van der Waals surface area (Å²) in [5.41, 5.74) is 0.250. The normalized spacial score (nSPS) is 16.7. The summed E-state index contributed by atoms with van der Waals surface area (Å²) in [7, 11) is 0. The summed E-state index contributed by atoms with van der Waals surface area (Å²) in [6.45, 7) is 6.93. The Morgan fingerprint density at radius 2 is 1.79 bits per heavy atom. The van der Waals surface area contributed by atoms with E-state index in [4.69, 9.17) is 9.47 Å². The Hall–Kier alpha value is -3.98. The van der Waals surface area contributed by atoms with Crippen LogP contribution < -0.4 is 10.2 Å². The summed E-state index contributed by atoms with van der Waals surface area (Å²) >= 11 is 0. The van der Waals surface area contributed by atoms with Crippen LogP contribution in [0.15, 0.2) is 65.6 Å². The topological polar surface area (TPSA) is 81.1 Å². The van der Waals surface area contributed by atoms with Gasteiger partial charge in [0.1, 0.15) is 18.0 Å². The molecule has 1 aromatic heterocycles. The zero-order chi connectivity index (χ0) is 27.0. The predicted octanol–water partition coefficient (Wildman–Crippen LogP) is 3.82. The third-order valence-electron chi connectivity index (χ3n) is 6.81. The van der Waals surface area contributed by atoms with E-state index in [0.717, 1.165) is 11.1 Å². The SMILES string of the molecule is CC(C)(C)N(Cc1ccc(F)cc1)C(=O)c1cn2c(c(OCc3ccccc3)c1=O)C(=O)N1CCO[C@@H]1C2. The molecule has 5 rings (SSSR count). The van der Waals surface area contributed by atoms with E-state index < -0.39 is 23.1 Å². The van der Waals surface area contributed by atoms with Crippen molar-refractivity contribution in [2.75, 3.05) is 13.2 Å². The molecular formula is C29H30FN3O5. The van der Waals surface area contributed by atoms with Crippen molar-refractivity contribution in [1.29, 1.82) is 0 Å². The number of amides is 2. The Labute approximate surface area is 220 Å². The zero-order valence-corrected chi connectivity index (χ0v) is 21.6. The lowest BCUT2D eigenvalue weighted by Crippen LogP contribution is -2.49. The summed E-state index contributed by atoms with van der Waals surface area (Å²) in [6, 6.07) is 15.2. The Morgan fingerprint density at radius 1 is 1.08 bits per heavy atom. The molecule has 0 saturated carbocycles. The number of hydrogen-bond donors (Lipinski definition) is 0. The Kier molecular flexibility index (Phi) is 6.79. The van der Waals surface area contributed by atoms with Crippen molar-refractivity contribution in [3.8, 4) is 5.75 Å². The number of aromatic nitrogens is 1. The van der Waals surface area contributed by atoms with Crippen molar-refractivity contribution in [2.24, 2.45) is 0 Å². The van der Waals surface area contributed by atoms with Gasteiger partial charge in [-0.05, 0) is 44.0 Å². The first-order valence-electron chi connectivity index (χ1n) is 12.6. The molecule has 1 saturated heterocycles. The first-order valence-corrected chi connectivity index (χ1v) is 12.6. The average molecular weight is 520 g/mol. The average Bonchev–Trinajstić information content (AvgIpc) is 3.36. The summed E-state index contributed by atoms with van der Waals surface area (Å²) in [5.74, 6) is -1.39. The van der Waals surface area contributed by atoms with Crippen molar-refractivity contribution in [3.05, 3.63) is 99.2 Å². The largest absolute Gasteiger partial charge is 0.483 e. The lowest BCUT2D eigenvalue weighted by Gasteiger charge is -2.36. The number of rotatable bonds is 6. The van der Waals surface area contributed by atoms with Crippen LogP contribution in [-0.2, 0) is 24.4 Å². The van der Waals surface area contributed by atoms with E-state index in [1.165, 1.54) is 18.3 Å². The Bertz CT molecular complexity index is 1410. The highest BCUT2D eigenvalue weighted by molar-refractivity contribution is 5.99. The number of carbonyl (C=O) groups excluding carboxylic acids is 2. The number of fused-ring (bicyclic) bond motifs is 2. The molecule has 2 aromatic carbocycles. The zero-order valence-electron chi connectivity index (χ0n) is 21.6. The van der Waals surface area contributed by atoms with Crippen molar-refractivity contribution in [3.63, 3.8) is 0 Å². The minimum atomic E-state index is -0.662. The summed E-state index contributed by atoms with van der Waals surface area (Å²) < 4.78 is 26.8. The van der Waals surface area contributed by atoms with Crippen LogP contribution in [-0.4, -0.2) is 51.1 Å². The van der Waals surface area contributed by atoms with Crippen LogP contribution in [0.2, 0.25) is 0 Å². The van der Waals surface area contributed by atoms with Crippen LogP contribution in [0.5, 0.6) is 5.75 Å². The first-order chi connectivity index (χ1) is 18.1. The molecule has 0 aliphatic carbocycles. The molecule has 38 heavy (non-hydrogen) atoms. The molecule has 1 atom stereocenters. The Morgan fingerprint density at radius 3 is 2.47 bits per heavy atom. The van der Waals surface area contributed by atoms with E-state index in [2.05, 4.69) is 0 Å². The number of nitrogens with zero attached hydrogens (tertiary/aromatic N) is 3. The van der Waals surface area contributed by atoms with Crippen LogP contribution in [0.3, 0.4) is 0 Å². The summed E-state index contributed by atoms with van der Waals surface area (Å²) in [6.07, 6.45) is 0.968. The van der Waals surface area contributed by atoms with Crippen molar-refractivity contribution < 1.29 is 23.5 Å². The molecule has 1 fully saturated rings. The maximum atomic E-state index is 14.0. The molecule has 3 heterocycles. The number of carbonyl (C=O) groups is 2.